The number of hydrogen-bond acceptors (Lipinski definition) is 3. The van der Waals surface area contributed by atoms with E-state index in [0.717, 1.165) is 11.8 Å². The number of allylic oxidation sites excluding steroid dienone is 1. The monoisotopic (exact) mass is 248 g/mol. The van der Waals surface area contributed by atoms with Crippen molar-refractivity contribution in [3.05, 3.63) is 23.8 Å². The largest absolute Gasteiger partial charge is 0.460 e. The lowest BCUT2D eigenvalue weighted by molar-refractivity contribution is -0.143. The standard InChI is InChI=1S/C15H20O3/c1-9(2)15(16)18-7-6-17-14-12-8-13(14)11-5-3-4-10(11)12/h4,11-14H,1,3,5-8H2,2H3. The lowest BCUT2D eigenvalue weighted by atomic mass is 9.77. The van der Waals surface area contributed by atoms with E-state index >= 15 is 0 Å². The first-order valence-electron chi connectivity index (χ1n) is 6.82. The van der Waals surface area contributed by atoms with Crippen LogP contribution in [-0.2, 0) is 14.3 Å². The summed E-state index contributed by atoms with van der Waals surface area (Å²) < 4.78 is 10.9. The molecule has 0 radical (unpaired) electrons. The number of hydrogen-bond donors (Lipinski definition) is 0. The Balaban J connectivity index is 1.41. The Bertz CT molecular complexity index is 410. The molecule has 0 aromatic rings. The fraction of sp³-hybridized carbons (Fsp3) is 0.667. The van der Waals surface area contributed by atoms with Crippen LogP contribution in [0.4, 0.5) is 0 Å². The molecule has 3 fully saturated rings. The molecule has 0 aromatic heterocycles. The second kappa shape index (κ2) is 4.54. The molecule has 4 atom stereocenters. The maximum Gasteiger partial charge on any atom is 0.333 e. The molecule has 4 rings (SSSR count). The molecule has 4 unspecified atom stereocenters. The van der Waals surface area contributed by atoms with Gasteiger partial charge in [-0.3, -0.25) is 0 Å². The first-order valence-corrected chi connectivity index (χ1v) is 6.82. The van der Waals surface area contributed by atoms with Crippen molar-refractivity contribution >= 4 is 5.97 Å². The summed E-state index contributed by atoms with van der Waals surface area (Å²) in [6, 6.07) is 0. The van der Waals surface area contributed by atoms with Crippen LogP contribution < -0.4 is 0 Å². The van der Waals surface area contributed by atoms with Crippen LogP contribution in [0.5, 0.6) is 0 Å². The number of ether oxygens (including phenoxy) is 2. The van der Waals surface area contributed by atoms with E-state index in [1.54, 1.807) is 12.5 Å². The smallest absolute Gasteiger partial charge is 0.333 e. The average Bonchev–Trinajstić information content (AvgIpc) is 2.92. The van der Waals surface area contributed by atoms with Crippen LogP contribution in [-0.4, -0.2) is 25.3 Å². The highest BCUT2D eigenvalue weighted by atomic mass is 16.6. The maximum absolute atomic E-state index is 11.2. The van der Waals surface area contributed by atoms with Crippen molar-refractivity contribution in [2.75, 3.05) is 13.2 Å². The van der Waals surface area contributed by atoms with Crippen LogP contribution in [0.3, 0.4) is 0 Å². The van der Waals surface area contributed by atoms with Crippen molar-refractivity contribution in [2.45, 2.75) is 32.3 Å². The molecule has 0 aromatic carbocycles. The third-order valence-electron chi connectivity index (χ3n) is 4.55. The topological polar surface area (TPSA) is 35.5 Å². The fourth-order valence-corrected chi connectivity index (χ4v) is 3.70. The van der Waals surface area contributed by atoms with Gasteiger partial charge in [-0.1, -0.05) is 18.2 Å². The van der Waals surface area contributed by atoms with Gasteiger partial charge in [0.2, 0.25) is 0 Å². The summed E-state index contributed by atoms with van der Waals surface area (Å²) in [5, 5.41) is 0. The van der Waals surface area contributed by atoms with Gasteiger partial charge in [-0.25, -0.2) is 4.79 Å². The van der Waals surface area contributed by atoms with Crippen LogP contribution in [0, 0.1) is 17.8 Å². The molecule has 3 saturated carbocycles. The molecule has 98 valence electrons. The number of rotatable bonds is 5. The lowest BCUT2D eigenvalue weighted by Gasteiger charge is -2.36. The average molecular weight is 248 g/mol. The maximum atomic E-state index is 11.2. The Morgan fingerprint density at radius 2 is 2.28 bits per heavy atom. The molecule has 0 spiro atoms. The molecule has 0 N–H and O–H groups in total. The normalized spacial score (nSPS) is 35.7. The molecule has 18 heavy (non-hydrogen) atoms. The zero-order valence-corrected chi connectivity index (χ0v) is 10.9. The summed E-state index contributed by atoms with van der Waals surface area (Å²) in [5.41, 5.74) is 2.10. The Kier molecular flexibility index (Phi) is 3.02. The highest BCUT2D eigenvalue weighted by Crippen LogP contribution is 2.61. The molecule has 0 aliphatic heterocycles. The first kappa shape index (κ1) is 12.0. The predicted molar refractivity (Wildman–Crippen MR) is 67.9 cm³/mol. The van der Waals surface area contributed by atoms with Gasteiger partial charge in [-0.2, -0.15) is 0 Å². The quantitative estimate of drug-likeness (QED) is 0.324. The van der Waals surface area contributed by atoms with Gasteiger partial charge < -0.3 is 9.47 Å². The van der Waals surface area contributed by atoms with E-state index in [-0.39, 0.29) is 5.97 Å². The molecule has 0 heterocycles. The van der Waals surface area contributed by atoms with Crippen LogP contribution in [0.15, 0.2) is 23.8 Å². The highest BCUT2D eigenvalue weighted by molar-refractivity contribution is 5.86. The summed E-state index contributed by atoms with van der Waals surface area (Å²) in [4.78, 5) is 11.2. The summed E-state index contributed by atoms with van der Waals surface area (Å²) in [6.45, 7) is 6.05. The minimum Gasteiger partial charge on any atom is -0.460 e. The van der Waals surface area contributed by atoms with E-state index in [2.05, 4.69) is 12.7 Å². The molecular weight excluding hydrogens is 228 g/mol. The second-order valence-electron chi connectivity index (χ2n) is 5.65. The van der Waals surface area contributed by atoms with E-state index in [1.165, 1.54) is 19.3 Å². The van der Waals surface area contributed by atoms with Crippen molar-refractivity contribution in [3.63, 3.8) is 0 Å². The van der Waals surface area contributed by atoms with Crippen molar-refractivity contribution in [1.82, 2.24) is 0 Å². The van der Waals surface area contributed by atoms with Crippen LogP contribution in [0.1, 0.15) is 26.2 Å². The van der Waals surface area contributed by atoms with Crippen molar-refractivity contribution in [1.29, 1.82) is 0 Å². The van der Waals surface area contributed by atoms with Gasteiger partial charge in [0, 0.05) is 11.5 Å². The molecule has 3 nitrogen and oxygen atoms in total. The molecule has 2 bridgehead atoms. The molecule has 0 saturated heterocycles. The molecule has 4 aliphatic carbocycles. The Morgan fingerprint density at radius 3 is 3.00 bits per heavy atom. The van der Waals surface area contributed by atoms with E-state index in [4.69, 9.17) is 9.47 Å². The Morgan fingerprint density at radius 1 is 1.44 bits per heavy atom. The van der Waals surface area contributed by atoms with Gasteiger partial charge in [-0.15, -0.1) is 0 Å². The van der Waals surface area contributed by atoms with Gasteiger partial charge in [0.25, 0.3) is 0 Å². The third kappa shape index (κ3) is 1.81. The van der Waals surface area contributed by atoms with Gasteiger partial charge in [0.05, 0.1) is 12.7 Å². The van der Waals surface area contributed by atoms with E-state index in [1.807, 2.05) is 0 Å². The summed E-state index contributed by atoms with van der Waals surface area (Å²) in [5.74, 6) is 1.88. The van der Waals surface area contributed by atoms with Gasteiger partial charge in [-0.05, 0) is 38.0 Å². The van der Waals surface area contributed by atoms with Crippen molar-refractivity contribution < 1.29 is 14.3 Å². The van der Waals surface area contributed by atoms with Crippen LogP contribution in [0.25, 0.3) is 0 Å². The fourth-order valence-electron chi connectivity index (χ4n) is 3.70. The minimum atomic E-state index is -0.324. The Hall–Kier alpha value is -1.09. The van der Waals surface area contributed by atoms with E-state index in [9.17, 15) is 4.79 Å². The highest BCUT2D eigenvalue weighted by Gasteiger charge is 2.57. The minimum absolute atomic E-state index is 0.324. The molecule has 4 aliphatic rings. The van der Waals surface area contributed by atoms with Gasteiger partial charge in [0.1, 0.15) is 6.61 Å². The number of carbonyl (C=O) groups excluding carboxylic acids is 1. The SMILES string of the molecule is C=C(C)C(=O)OCCOC1C2CC1C1CCC=C12. The van der Waals surface area contributed by atoms with Crippen molar-refractivity contribution in [3.8, 4) is 0 Å². The zero-order valence-electron chi connectivity index (χ0n) is 10.9. The summed E-state index contributed by atoms with van der Waals surface area (Å²) in [6.07, 6.45) is 6.70. The van der Waals surface area contributed by atoms with Crippen molar-refractivity contribution in [2.24, 2.45) is 17.8 Å². The molecule has 3 heteroatoms. The first-order chi connectivity index (χ1) is 8.68. The zero-order chi connectivity index (χ0) is 12.7. The molecular formula is C15H20O3. The van der Waals surface area contributed by atoms with E-state index in [0.29, 0.717) is 30.8 Å². The third-order valence-corrected chi connectivity index (χ3v) is 4.55. The molecule has 0 amide bonds. The van der Waals surface area contributed by atoms with E-state index < -0.39 is 0 Å². The van der Waals surface area contributed by atoms with Crippen LogP contribution >= 0.6 is 0 Å². The Labute approximate surface area is 108 Å². The van der Waals surface area contributed by atoms with Gasteiger partial charge in [0.15, 0.2) is 0 Å². The predicted octanol–water partition coefficient (Wildman–Crippen LogP) is 2.48. The number of esters is 1. The van der Waals surface area contributed by atoms with Gasteiger partial charge >= 0.3 is 5.97 Å². The van der Waals surface area contributed by atoms with Crippen LogP contribution in [0.2, 0.25) is 0 Å². The number of carbonyl (C=O) groups is 1. The summed E-state index contributed by atoms with van der Waals surface area (Å²) >= 11 is 0. The summed E-state index contributed by atoms with van der Waals surface area (Å²) in [7, 11) is 0. The second-order valence-corrected chi connectivity index (χ2v) is 5.65. The lowest BCUT2D eigenvalue weighted by Crippen LogP contribution is -2.39.